The second-order valence-corrected chi connectivity index (χ2v) is 9.01. The summed E-state index contributed by atoms with van der Waals surface area (Å²) in [4.78, 5) is 36.1. The lowest BCUT2D eigenvalue weighted by Crippen LogP contribution is -2.38. The summed E-state index contributed by atoms with van der Waals surface area (Å²) < 4.78 is 31.6. The van der Waals surface area contributed by atoms with Crippen molar-refractivity contribution in [2.24, 2.45) is 0 Å². The van der Waals surface area contributed by atoms with Crippen molar-refractivity contribution < 1.29 is 28.2 Å². The summed E-state index contributed by atoms with van der Waals surface area (Å²) in [5.41, 5.74) is 3.51. The molecular weight excluding hydrogens is 481 g/mol. The number of benzene rings is 1. The maximum absolute atomic E-state index is 15.1. The predicted molar refractivity (Wildman–Crippen MR) is 133 cm³/mol. The molecule has 3 aliphatic rings. The fourth-order valence-electron chi connectivity index (χ4n) is 4.93. The van der Waals surface area contributed by atoms with E-state index >= 15 is 4.39 Å². The van der Waals surface area contributed by atoms with E-state index < -0.39 is 11.9 Å². The number of nitrogens with one attached hydrogen (secondary N) is 1. The Morgan fingerprint density at radius 2 is 2.00 bits per heavy atom. The van der Waals surface area contributed by atoms with Crippen molar-refractivity contribution in [3.8, 4) is 22.8 Å². The fraction of sp³-hybridized carbons (Fsp3) is 0.308. The Kier molecular flexibility index (Phi) is 5.54. The fourth-order valence-corrected chi connectivity index (χ4v) is 4.93. The van der Waals surface area contributed by atoms with E-state index in [2.05, 4.69) is 15.3 Å². The molecule has 0 radical (unpaired) electrons. The summed E-state index contributed by atoms with van der Waals surface area (Å²) in [5.74, 6) is 0.827. The molecule has 1 atom stereocenters. The Balaban J connectivity index is 1.31. The van der Waals surface area contributed by atoms with Crippen LogP contribution in [0, 0.1) is 5.82 Å². The van der Waals surface area contributed by atoms with E-state index in [4.69, 9.17) is 14.2 Å². The summed E-state index contributed by atoms with van der Waals surface area (Å²) in [6.45, 7) is 3.07. The maximum atomic E-state index is 15.1. The number of pyridine rings is 2. The molecule has 0 spiro atoms. The first kappa shape index (κ1) is 23.0. The minimum absolute atomic E-state index is 0.0848. The van der Waals surface area contributed by atoms with Crippen molar-refractivity contribution >= 4 is 34.9 Å². The summed E-state index contributed by atoms with van der Waals surface area (Å²) in [7, 11) is 1.32. The van der Waals surface area contributed by atoms with E-state index in [1.54, 1.807) is 24.5 Å². The average molecular weight is 506 g/mol. The van der Waals surface area contributed by atoms with Crippen LogP contribution in [0.2, 0.25) is 0 Å². The van der Waals surface area contributed by atoms with Crippen LogP contribution in [0.4, 0.5) is 32.1 Å². The molecule has 10 nitrogen and oxygen atoms in total. The van der Waals surface area contributed by atoms with Gasteiger partial charge in [-0.1, -0.05) is 0 Å². The van der Waals surface area contributed by atoms with Gasteiger partial charge in [-0.15, -0.1) is 0 Å². The van der Waals surface area contributed by atoms with Crippen molar-refractivity contribution in [1.82, 2.24) is 9.97 Å². The summed E-state index contributed by atoms with van der Waals surface area (Å²) in [6.07, 6.45) is 3.57. The Bertz CT molecular complexity index is 1430. The number of methoxy groups -OCH3 is 1. The van der Waals surface area contributed by atoms with Gasteiger partial charge in [-0.25, -0.2) is 19.2 Å². The monoisotopic (exact) mass is 505 g/mol. The first-order chi connectivity index (χ1) is 17.9. The predicted octanol–water partition coefficient (Wildman–Crippen LogP) is 4.57. The molecule has 2 amide bonds. The molecule has 37 heavy (non-hydrogen) atoms. The average Bonchev–Trinajstić information content (AvgIpc) is 3.33. The molecule has 1 N–H and O–H groups in total. The van der Waals surface area contributed by atoms with Crippen LogP contribution in [0.15, 0.2) is 36.7 Å². The number of hydrogen-bond acceptors (Lipinski definition) is 8. The topological polar surface area (TPSA) is 106 Å². The third-order valence-electron chi connectivity index (χ3n) is 6.73. The number of carbonyl (C=O) groups is 2. The number of nitrogens with zero attached hydrogens (tertiary/aromatic N) is 4. The van der Waals surface area contributed by atoms with Gasteiger partial charge in [0.15, 0.2) is 0 Å². The van der Waals surface area contributed by atoms with Gasteiger partial charge in [0.2, 0.25) is 11.8 Å². The van der Waals surface area contributed by atoms with Crippen molar-refractivity contribution in [3.63, 3.8) is 0 Å². The van der Waals surface area contributed by atoms with Gasteiger partial charge in [0.25, 0.3) is 0 Å². The standard InChI is InChI=1S/C26H24FN5O5/c1-14-16-10-23(30-15-8-21-25(29-12-15)36-7-6-32(21)26(34)35-2)28-13-18(16)17-9-19(27)20(11-22(17)37-14)31-5-3-4-24(31)33/h8-14H,3-7H2,1-2H3,(H,28,30). The molecule has 0 saturated carbocycles. The van der Waals surface area contributed by atoms with Gasteiger partial charge in [0.1, 0.15) is 35.8 Å². The SMILES string of the molecule is COC(=O)N1CCOc2ncc(Nc3cc4c(cn3)-c3cc(F)c(N5CCCC5=O)cc3OC4C)cc21. The van der Waals surface area contributed by atoms with Crippen LogP contribution in [-0.2, 0) is 9.53 Å². The zero-order valence-electron chi connectivity index (χ0n) is 20.3. The Hall–Kier alpha value is -4.41. The number of amides is 2. The minimum atomic E-state index is -0.496. The van der Waals surface area contributed by atoms with Crippen LogP contribution in [0.1, 0.15) is 31.4 Å². The highest BCUT2D eigenvalue weighted by molar-refractivity contribution is 5.96. The zero-order chi connectivity index (χ0) is 25.7. The van der Waals surface area contributed by atoms with Crippen molar-refractivity contribution in [2.45, 2.75) is 25.9 Å². The molecule has 11 heteroatoms. The molecular formula is C26H24FN5O5. The molecule has 1 fully saturated rings. The number of anilines is 4. The molecule has 1 unspecified atom stereocenters. The first-order valence-electron chi connectivity index (χ1n) is 12.0. The van der Waals surface area contributed by atoms with Gasteiger partial charge in [-0.05, 0) is 31.5 Å². The summed E-state index contributed by atoms with van der Waals surface area (Å²) in [6, 6.07) is 6.59. The molecule has 1 saturated heterocycles. The Labute approximate surface area is 212 Å². The lowest BCUT2D eigenvalue weighted by Gasteiger charge is -2.29. The largest absolute Gasteiger partial charge is 0.485 e. The number of carbonyl (C=O) groups excluding carboxylic acids is 2. The van der Waals surface area contributed by atoms with Gasteiger partial charge in [-0.3, -0.25) is 9.69 Å². The summed E-state index contributed by atoms with van der Waals surface area (Å²) >= 11 is 0. The molecule has 5 heterocycles. The molecule has 3 aliphatic heterocycles. The quantitative estimate of drug-likeness (QED) is 0.552. The van der Waals surface area contributed by atoms with Crippen LogP contribution < -0.4 is 24.6 Å². The number of halogens is 1. The molecule has 2 aromatic heterocycles. The van der Waals surface area contributed by atoms with E-state index in [9.17, 15) is 9.59 Å². The van der Waals surface area contributed by atoms with Crippen LogP contribution >= 0.6 is 0 Å². The molecule has 0 aliphatic carbocycles. The number of fused-ring (bicyclic) bond motifs is 4. The van der Waals surface area contributed by atoms with Gasteiger partial charge in [0, 0.05) is 41.9 Å². The highest BCUT2D eigenvalue weighted by Crippen LogP contribution is 2.45. The highest BCUT2D eigenvalue weighted by Gasteiger charge is 2.30. The van der Waals surface area contributed by atoms with Crippen molar-refractivity contribution in [3.05, 3.63) is 48.0 Å². The molecule has 190 valence electrons. The lowest BCUT2D eigenvalue weighted by atomic mass is 9.94. The molecule has 0 bridgehead atoms. The summed E-state index contributed by atoms with van der Waals surface area (Å²) in [5, 5.41) is 3.21. The van der Waals surface area contributed by atoms with Crippen LogP contribution in [0.25, 0.3) is 11.1 Å². The second kappa shape index (κ2) is 8.91. The van der Waals surface area contributed by atoms with Crippen LogP contribution in [0.5, 0.6) is 11.6 Å². The van der Waals surface area contributed by atoms with Crippen LogP contribution in [-0.4, -0.2) is 48.8 Å². The lowest BCUT2D eigenvalue weighted by molar-refractivity contribution is -0.117. The Morgan fingerprint density at radius 1 is 1.14 bits per heavy atom. The van der Waals surface area contributed by atoms with E-state index in [0.717, 1.165) is 11.1 Å². The van der Waals surface area contributed by atoms with E-state index in [1.807, 2.05) is 13.0 Å². The number of rotatable bonds is 3. The molecule has 3 aromatic rings. The van der Waals surface area contributed by atoms with Gasteiger partial charge < -0.3 is 24.4 Å². The van der Waals surface area contributed by atoms with Crippen molar-refractivity contribution in [1.29, 1.82) is 0 Å². The highest BCUT2D eigenvalue weighted by atomic mass is 19.1. The van der Waals surface area contributed by atoms with E-state index in [-0.39, 0.29) is 17.7 Å². The Morgan fingerprint density at radius 3 is 2.78 bits per heavy atom. The normalized spacial score (nSPS) is 17.8. The number of ether oxygens (including phenoxy) is 3. The third kappa shape index (κ3) is 3.96. The number of hydrogen-bond donors (Lipinski definition) is 1. The molecule has 6 rings (SSSR count). The van der Waals surface area contributed by atoms with E-state index in [1.165, 1.54) is 23.0 Å². The molecule has 1 aromatic carbocycles. The van der Waals surface area contributed by atoms with Gasteiger partial charge >= 0.3 is 6.09 Å². The smallest absolute Gasteiger partial charge is 0.414 e. The van der Waals surface area contributed by atoms with Crippen molar-refractivity contribution in [2.75, 3.05) is 41.9 Å². The number of aromatic nitrogens is 2. The van der Waals surface area contributed by atoms with E-state index in [0.29, 0.717) is 66.9 Å². The second-order valence-electron chi connectivity index (χ2n) is 9.01. The maximum Gasteiger partial charge on any atom is 0.414 e. The third-order valence-corrected chi connectivity index (χ3v) is 6.73. The first-order valence-corrected chi connectivity index (χ1v) is 12.0. The minimum Gasteiger partial charge on any atom is -0.485 e. The van der Waals surface area contributed by atoms with Gasteiger partial charge in [-0.2, -0.15) is 0 Å². The van der Waals surface area contributed by atoms with Gasteiger partial charge in [0.05, 0.1) is 31.2 Å². The van der Waals surface area contributed by atoms with Crippen LogP contribution in [0.3, 0.4) is 0 Å². The zero-order valence-corrected chi connectivity index (χ0v) is 20.3.